The van der Waals surface area contributed by atoms with Gasteiger partial charge in [-0.2, -0.15) is 8.42 Å². The third-order valence-corrected chi connectivity index (χ3v) is 6.66. The monoisotopic (exact) mass is 422 g/mol. The van der Waals surface area contributed by atoms with E-state index in [0.717, 1.165) is 10.2 Å². The van der Waals surface area contributed by atoms with Crippen LogP contribution in [-0.4, -0.2) is 26.2 Å². The van der Waals surface area contributed by atoms with Crippen LogP contribution in [0.15, 0.2) is 58.3 Å². The molecule has 0 amide bonds. The molecular weight excluding hydrogens is 408 g/mol. The van der Waals surface area contributed by atoms with Crippen molar-refractivity contribution in [2.45, 2.75) is 11.4 Å². The Balaban J connectivity index is 1.92. The summed E-state index contributed by atoms with van der Waals surface area (Å²) in [5.74, 6) is 1.28. The molecule has 0 aliphatic carbocycles. The van der Waals surface area contributed by atoms with Crippen LogP contribution in [0.3, 0.4) is 0 Å². The molecule has 2 heterocycles. The van der Waals surface area contributed by atoms with E-state index in [4.69, 9.17) is 21.1 Å². The number of sulfonamides is 1. The zero-order chi connectivity index (χ0) is 19.0. The van der Waals surface area contributed by atoms with Crippen molar-refractivity contribution in [3.05, 3.63) is 58.9 Å². The number of allylic oxidation sites excluding steroid dienone is 1. The lowest BCUT2D eigenvalue weighted by Crippen LogP contribution is -2.17. The number of thiazole rings is 1. The van der Waals surface area contributed by atoms with Crippen molar-refractivity contribution in [3.63, 3.8) is 0 Å². The van der Waals surface area contributed by atoms with Crippen LogP contribution in [0.1, 0.15) is 0 Å². The lowest BCUT2D eigenvalue weighted by molar-refractivity contribution is 0.172. The molecule has 9 heteroatoms. The molecule has 27 heavy (non-hydrogen) atoms. The number of fused-ring (bicyclic) bond motifs is 2. The van der Waals surface area contributed by atoms with Crippen molar-refractivity contribution in [1.82, 2.24) is 4.57 Å². The Bertz CT molecular complexity index is 1190. The summed E-state index contributed by atoms with van der Waals surface area (Å²) in [5, 5.41) is 0.461. The molecule has 0 spiro atoms. The minimum absolute atomic E-state index is 0.0838. The number of hydrogen-bond acceptors (Lipinski definition) is 5. The number of ether oxygens (including phenoxy) is 2. The molecule has 4 rings (SSSR count). The number of halogens is 1. The van der Waals surface area contributed by atoms with Crippen molar-refractivity contribution in [2.75, 3.05) is 13.2 Å². The highest BCUT2D eigenvalue weighted by Crippen LogP contribution is 2.35. The number of rotatable bonds is 4. The Hall–Kier alpha value is -2.29. The Morgan fingerprint density at radius 3 is 2.52 bits per heavy atom. The van der Waals surface area contributed by atoms with Gasteiger partial charge < -0.3 is 14.0 Å². The van der Waals surface area contributed by atoms with Gasteiger partial charge in [0.25, 0.3) is 10.0 Å². The number of nitrogens with zero attached hydrogens (tertiary/aromatic N) is 2. The van der Waals surface area contributed by atoms with Crippen LogP contribution in [0.2, 0.25) is 5.02 Å². The predicted octanol–water partition coefficient (Wildman–Crippen LogP) is 3.60. The quantitative estimate of drug-likeness (QED) is 0.602. The van der Waals surface area contributed by atoms with Gasteiger partial charge in [0.2, 0.25) is 4.80 Å². The first-order valence-corrected chi connectivity index (χ1v) is 10.7. The summed E-state index contributed by atoms with van der Waals surface area (Å²) in [6.45, 7) is 5.13. The van der Waals surface area contributed by atoms with Gasteiger partial charge in [0, 0.05) is 23.7 Å². The molecule has 0 saturated carbocycles. The Morgan fingerprint density at radius 1 is 1.19 bits per heavy atom. The van der Waals surface area contributed by atoms with E-state index in [0.29, 0.717) is 41.1 Å². The van der Waals surface area contributed by atoms with E-state index >= 15 is 0 Å². The smallest absolute Gasteiger partial charge is 0.285 e. The molecule has 0 fully saturated rings. The minimum Gasteiger partial charge on any atom is -0.486 e. The van der Waals surface area contributed by atoms with Crippen molar-refractivity contribution in [1.29, 1.82) is 0 Å². The first-order chi connectivity index (χ1) is 13.0. The zero-order valence-corrected chi connectivity index (χ0v) is 16.5. The SMILES string of the molecule is C=CCn1/c(=N/S(=O)(=O)c2ccc(Cl)cc2)sc2cc3c(cc21)OCCO3. The van der Waals surface area contributed by atoms with Gasteiger partial charge in [-0.25, -0.2) is 0 Å². The molecule has 0 N–H and O–H groups in total. The zero-order valence-electron chi connectivity index (χ0n) is 14.1. The highest BCUT2D eigenvalue weighted by molar-refractivity contribution is 7.90. The molecule has 1 aromatic heterocycles. The third-order valence-electron chi connectivity index (χ3n) is 3.97. The maximum atomic E-state index is 12.7. The molecular formula is C18H15ClN2O4S2. The highest BCUT2D eigenvalue weighted by atomic mass is 35.5. The third kappa shape index (κ3) is 3.47. The van der Waals surface area contributed by atoms with E-state index in [1.54, 1.807) is 10.6 Å². The molecule has 0 bridgehead atoms. The highest BCUT2D eigenvalue weighted by Gasteiger charge is 2.18. The number of benzene rings is 2. The molecule has 0 unspecified atom stereocenters. The van der Waals surface area contributed by atoms with Crippen LogP contribution in [0.4, 0.5) is 0 Å². The van der Waals surface area contributed by atoms with E-state index in [1.165, 1.54) is 35.6 Å². The molecule has 1 aliphatic rings. The molecule has 0 saturated heterocycles. The first-order valence-electron chi connectivity index (χ1n) is 8.08. The fourth-order valence-electron chi connectivity index (χ4n) is 2.74. The molecule has 2 aromatic carbocycles. The van der Waals surface area contributed by atoms with E-state index in [9.17, 15) is 8.42 Å². The van der Waals surface area contributed by atoms with Gasteiger partial charge in [-0.05, 0) is 24.3 Å². The minimum atomic E-state index is -3.88. The molecule has 0 atom stereocenters. The Kier molecular flexibility index (Phi) is 4.71. The van der Waals surface area contributed by atoms with Crippen LogP contribution in [-0.2, 0) is 16.6 Å². The van der Waals surface area contributed by atoms with Crippen LogP contribution in [0.25, 0.3) is 10.2 Å². The summed E-state index contributed by atoms with van der Waals surface area (Å²) in [4.78, 5) is 0.433. The molecule has 140 valence electrons. The molecule has 3 aromatic rings. The fourth-order valence-corrected chi connectivity index (χ4v) is 5.12. The summed E-state index contributed by atoms with van der Waals surface area (Å²) in [6, 6.07) is 9.62. The van der Waals surface area contributed by atoms with Crippen LogP contribution < -0.4 is 14.3 Å². The largest absolute Gasteiger partial charge is 0.486 e. The van der Waals surface area contributed by atoms with Crippen molar-refractivity contribution >= 4 is 43.2 Å². The van der Waals surface area contributed by atoms with Gasteiger partial charge in [0.05, 0.1) is 15.1 Å². The number of aromatic nitrogens is 1. The van der Waals surface area contributed by atoms with Gasteiger partial charge in [-0.3, -0.25) is 0 Å². The normalized spacial score (nSPS) is 14.5. The van der Waals surface area contributed by atoms with E-state index in [2.05, 4.69) is 11.0 Å². The lowest BCUT2D eigenvalue weighted by Gasteiger charge is -2.18. The molecule has 0 radical (unpaired) electrons. The van der Waals surface area contributed by atoms with Gasteiger partial charge in [-0.15, -0.1) is 11.0 Å². The summed E-state index contributed by atoms with van der Waals surface area (Å²) in [5.41, 5.74) is 0.814. The summed E-state index contributed by atoms with van der Waals surface area (Å²) < 4.78 is 43.4. The van der Waals surface area contributed by atoms with Crippen molar-refractivity contribution < 1.29 is 17.9 Å². The summed E-state index contributed by atoms with van der Waals surface area (Å²) in [6.07, 6.45) is 1.69. The van der Waals surface area contributed by atoms with E-state index < -0.39 is 10.0 Å². The van der Waals surface area contributed by atoms with Crippen LogP contribution >= 0.6 is 22.9 Å². The van der Waals surface area contributed by atoms with Crippen molar-refractivity contribution in [3.8, 4) is 11.5 Å². The van der Waals surface area contributed by atoms with Crippen molar-refractivity contribution in [2.24, 2.45) is 4.40 Å². The van der Waals surface area contributed by atoms with Gasteiger partial charge in [0.1, 0.15) is 13.2 Å². The first kappa shape index (κ1) is 18.1. The average Bonchev–Trinajstić information content (AvgIpc) is 2.96. The Labute approximate surface area is 165 Å². The summed E-state index contributed by atoms with van der Waals surface area (Å²) in [7, 11) is -3.88. The van der Waals surface area contributed by atoms with Crippen LogP contribution in [0, 0.1) is 0 Å². The van der Waals surface area contributed by atoms with Gasteiger partial charge in [0.15, 0.2) is 11.5 Å². The fraction of sp³-hybridized carbons (Fsp3) is 0.167. The second-order valence-corrected chi connectivity index (χ2v) is 8.82. The Morgan fingerprint density at radius 2 is 1.85 bits per heavy atom. The topological polar surface area (TPSA) is 69.9 Å². The second kappa shape index (κ2) is 7.03. The molecule has 1 aliphatic heterocycles. The van der Waals surface area contributed by atoms with E-state index in [1.807, 2.05) is 12.1 Å². The van der Waals surface area contributed by atoms with Gasteiger partial charge in [-0.1, -0.05) is 29.0 Å². The van der Waals surface area contributed by atoms with E-state index in [-0.39, 0.29) is 4.90 Å². The summed E-state index contributed by atoms with van der Waals surface area (Å²) >= 11 is 7.11. The van der Waals surface area contributed by atoms with Gasteiger partial charge >= 0.3 is 0 Å². The standard InChI is InChI=1S/C18H15ClN2O4S2/c1-2-7-21-14-10-15-16(25-9-8-24-15)11-17(14)26-18(21)20-27(22,23)13-5-3-12(19)4-6-13/h2-6,10-11H,1,7-9H2/b20-18-. The maximum absolute atomic E-state index is 12.7. The lowest BCUT2D eigenvalue weighted by atomic mass is 10.2. The maximum Gasteiger partial charge on any atom is 0.285 e. The van der Waals surface area contributed by atoms with Crippen LogP contribution in [0.5, 0.6) is 11.5 Å². The second-order valence-electron chi connectivity index (χ2n) is 5.77. The number of hydrogen-bond donors (Lipinski definition) is 0. The average molecular weight is 423 g/mol. The molecule has 6 nitrogen and oxygen atoms in total. The predicted molar refractivity (Wildman–Crippen MR) is 105 cm³/mol.